The van der Waals surface area contributed by atoms with Gasteiger partial charge < -0.3 is 103 Å². The van der Waals surface area contributed by atoms with Crippen molar-refractivity contribution in [3.05, 3.63) is 267 Å². The number of nitrogen functional groups attached to an aromatic ring is 3. The topological polar surface area (TPSA) is 496 Å². The normalized spacial score (nSPS) is 21.6. The maximum absolute atomic E-state index is 14.7. The number of hydrogen-bond donors (Lipinski definition) is 8. The number of fused-ring (bicyclic) bond motifs is 6. The lowest BCUT2D eigenvalue weighted by molar-refractivity contribution is -0.0563. The van der Waals surface area contributed by atoms with Crippen LogP contribution in [0, 0.1) is 68.6 Å². The Bertz CT molecular complexity index is 6880. The van der Waals surface area contributed by atoms with Crippen LogP contribution in [-0.2, 0) is 42.6 Å². The van der Waals surface area contributed by atoms with Gasteiger partial charge in [0.05, 0.1) is 86.1 Å². The molecule has 0 aliphatic carbocycles. The first-order valence-corrected chi connectivity index (χ1v) is 46.2. The van der Waals surface area contributed by atoms with Crippen molar-refractivity contribution in [2.75, 3.05) is 43.6 Å². The van der Waals surface area contributed by atoms with Crippen LogP contribution in [0.4, 0.5) is 39.4 Å². The van der Waals surface area contributed by atoms with Crippen LogP contribution in [0.1, 0.15) is 148 Å². The highest BCUT2D eigenvalue weighted by atomic mass is 35.5. The second-order valence-corrected chi connectivity index (χ2v) is 35.4. The molecule has 0 spiro atoms. The van der Waals surface area contributed by atoms with Crippen molar-refractivity contribution in [3.63, 3.8) is 0 Å². The van der Waals surface area contributed by atoms with Crippen molar-refractivity contribution in [2.24, 2.45) is 11.8 Å². The minimum Gasteiger partial charge on any atom is -0.459 e. The maximum atomic E-state index is 14.7. The number of hydrogen-bond acceptors (Lipinski definition) is 31. The molecule has 0 amide bonds. The summed E-state index contributed by atoms with van der Waals surface area (Å²) in [5.41, 5.74) is 24.8. The summed E-state index contributed by atoms with van der Waals surface area (Å²) in [6.07, 6.45) is 13.1. The van der Waals surface area contributed by atoms with Crippen LogP contribution < -0.4 is 17.2 Å². The number of alkyl halides is 1. The van der Waals surface area contributed by atoms with Crippen LogP contribution in [0.5, 0.6) is 0 Å². The molecule has 5 aliphatic rings. The minimum absolute atomic E-state index is 0.0230. The summed E-state index contributed by atoms with van der Waals surface area (Å²) in [7, 11) is 0. The Morgan fingerprint density at radius 3 is 1.18 bits per heavy atom. The van der Waals surface area contributed by atoms with Gasteiger partial charge in [-0.1, -0.05) is 138 Å². The predicted molar refractivity (Wildman–Crippen MR) is 512 cm³/mol. The van der Waals surface area contributed by atoms with Gasteiger partial charge in [0.15, 0.2) is 46.0 Å². The number of carbonyl (C=O) groups is 4. The summed E-state index contributed by atoms with van der Waals surface area (Å²) in [4.78, 5) is 102. The number of nitrogens with zero attached hydrogens (tertiary/aromatic N) is 16. The first-order chi connectivity index (χ1) is 68.2. The Balaban J connectivity index is 0.000000130. The molecule has 744 valence electrons. The Morgan fingerprint density at radius 1 is 0.408 bits per heavy atom. The van der Waals surface area contributed by atoms with Crippen molar-refractivity contribution in [2.45, 2.75) is 166 Å². The van der Waals surface area contributed by atoms with Gasteiger partial charge in [-0.2, -0.15) is 0 Å². The molecule has 21 rings (SSSR count). The fourth-order valence-corrected chi connectivity index (χ4v) is 17.3. The van der Waals surface area contributed by atoms with Gasteiger partial charge in [0, 0.05) is 56.4 Å². The molecule has 0 radical (unpaired) electrons. The molecule has 16 aromatic rings. The second-order valence-electron chi connectivity index (χ2n) is 33.8. The van der Waals surface area contributed by atoms with E-state index in [-0.39, 0.29) is 130 Å². The fourth-order valence-electron chi connectivity index (χ4n) is 16.4. The molecule has 5 fully saturated rings. The third-order valence-electron chi connectivity index (χ3n) is 24.0. The number of nitrogens with one attached hydrogen (secondary N) is 2. The first kappa shape index (κ1) is 103. The number of H-pyrrole nitrogens is 2. The highest BCUT2D eigenvalue weighted by molar-refractivity contribution is 6.34. The van der Waals surface area contributed by atoms with Crippen LogP contribution in [0.2, 0.25) is 15.5 Å². The lowest BCUT2D eigenvalue weighted by Gasteiger charge is -2.19. The van der Waals surface area contributed by atoms with Crippen molar-refractivity contribution in [1.29, 1.82) is 0 Å². The third kappa shape index (κ3) is 23.7. The summed E-state index contributed by atoms with van der Waals surface area (Å²) in [6, 6.07) is 29.9. The monoisotopic (exact) mass is 2030 g/mol. The minimum atomic E-state index is -0.799. The molecule has 0 unspecified atom stereocenters. The molecule has 15 atom stereocenters. The maximum Gasteiger partial charge on any atom is 0.338 e. The van der Waals surface area contributed by atoms with Crippen LogP contribution in [0.15, 0.2) is 178 Å². The smallest absolute Gasteiger partial charge is 0.338 e. The molecule has 37 nitrogen and oxygen atoms in total. The van der Waals surface area contributed by atoms with E-state index >= 15 is 0 Å². The number of nitrogens with two attached hydrogens (primary N) is 3. The molecule has 0 saturated carbocycles. The van der Waals surface area contributed by atoms with E-state index < -0.39 is 108 Å². The number of ether oxygens (including phenoxy) is 9. The van der Waals surface area contributed by atoms with E-state index in [1.54, 1.807) is 63.9 Å². The van der Waals surface area contributed by atoms with Crippen LogP contribution in [-0.4, -0.2) is 208 Å². The van der Waals surface area contributed by atoms with E-state index in [9.17, 15) is 51.3 Å². The van der Waals surface area contributed by atoms with Crippen molar-refractivity contribution < 1.29 is 99.1 Å². The number of aliphatic hydroxyl groups is 3. The van der Waals surface area contributed by atoms with E-state index in [0.29, 0.717) is 68.8 Å². The largest absolute Gasteiger partial charge is 0.459 e. The highest BCUT2D eigenvalue weighted by Crippen LogP contribution is 2.42. The Labute approximate surface area is 825 Å². The van der Waals surface area contributed by atoms with Crippen molar-refractivity contribution >= 4 is 154 Å². The SMILES string of the molecule is CC[C@H]1O[C@@H](n2cc(F)c3c(N)ncnc32)C[C@@H]1C.C[C@H]1C[C@H](n2cc(F)c3c(N)ncnc32)O[C@@H]1CO.Cc1ccc(C(=O)OC[C@H]2O[C@@H](n3cc(F)c4c(Cl)ncnc43)C[C@@H]2OC(=O)c2ccc(C)cc2)cc1.Cc1ccc(C(=O)OC[C@H]2O[C@H](Cl)C[C@@H]2OC(=O)c2ccc(C)cc2)cc1.Clc1ncnc2[nH]ccc12.Fc1c[nH]c2ncnc(Cl)c12.Nc1ncnc2c1c(F)cn2[C@H]1C[C@H](O)[C@@H](CO)O1. The van der Waals surface area contributed by atoms with E-state index in [0.717, 1.165) is 46.1 Å². The number of anilines is 3. The lowest BCUT2D eigenvalue weighted by Crippen LogP contribution is -2.32. The van der Waals surface area contributed by atoms with E-state index in [4.69, 9.17) is 111 Å². The number of carbonyl (C=O) groups excluding carboxylic acids is 4. The van der Waals surface area contributed by atoms with Crippen LogP contribution >= 0.6 is 46.4 Å². The molecular weight excluding hydrogens is 1940 g/mol. The number of aryl methyl sites for hydroxylation is 4. The number of esters is 4. The molecule has 142 heavy (non-hydrogen) atoms. The number of benzene rings is 4. The standard InChI is InChI=1S/C27H23ClFN3O5.C21H21ClO5.C13H17FN4O.C12H15FN4O2.C11H13FN4O3.C6H3ClFN3.C6H4ClN3/c1-15-3-7-17(8-4-15)26(33)35-13-21-20(37-27(34)18-9-5-16(2)6-10-18)11-22(36-21)32-12-19(29)23-24(28)30-14-31-25(23)32;1-13-3-7-15(8-4-13)20(23)25-12-18-17(11-19(22)26-18)27-21(24)16-9-5-14(2)6-10-16;1-3-9-7(2)4-10(19-9)18-5-8(14)11-12(15)16-6-17-13(11)18;1-6-2-9(19-8(6)4-18)17-3-7(13)10-11(14)15-5-16-12(10)17;12-5-2-16(8-1-6(18)7(3-17)19-8)11-9(5)10(13)14-4-15-11;7-5-4-3(8)1-9-6(4)11-2-10-5;7-5-4-1-2-8-6(4)10-3-9-5/h3-10,12,14,20-22H,11,13H2,1-2H3;3-10,17-19H,11-12H2,1-2H3;5-7,9-10H,3-4H2,1-2H3,(H2,15,16,17);3,5-6,8-9,18H,2,4H2,1H3,(H2,14,15,16);2,4,6-8,17-18H,1,3H2,(H2,13,14,15);1-2H,(H,9,10,11);1-3H,(H,8,9,10)/t20-,21+,22+;17-,18+,19-;7-,9+,10+;6-,8+,9+;6-,7+,8+;;/m00000../s1. The molecule has 46 heteroatoms. The zero-order chi connectivity index (χ0) is 101. The predicted octanol–water partition coefficient (Wildman–Crippen LogP) is 16.0. The quantitative estimate of drug-likeness (QED) is 0.0138. The van der Waals surface area contributed by atoms with Crippen LogP contribution in [0.3, 0.4) is 0 Å². The molecule has 4 aromatic carbocycles. The average molecular weight is 2040 g/mol. The van der Waals surface area contributed by atoms with Crippen LogP contribution in [0.25, 0.3) is 66.2 Å². The summed E-state index contributed by atoms with van der Waals surface area (Å²) >= 11 is 23.4. The molecule has 0 bridgehead atoms. The summed E-state index contributed by atoms with van der Waals surface area (Å²) in [6.45, 7) is 13.4. The highest BCUT2D eigenvalue weighted by Gasteiger charge is 2.44. The molecule has 5 aliphatic heterocycles. The van der Waals surface area contributed by atoms with Gasteiger partial charge in [-0.25, -0.2) is 101 Å². The average Bonchev–Trinajstić information content (AvgIpc) is 1.62. The first-order valence-electron chi connectivity index (χ1n) is 44.6. The number of halogens is 9. The van der Waals surface area contributed by atoms with Gasteiger partial charge >= 0.3 is 23.9 Å². The van der Waals surface area contributed by atoms with Crippen molar-refractivity contribution in [3.8, 4) is 0 Å². The van der Waals surface area contributed by atoms with Gasteiger partial charge in [-0.3, -0.25) is 0 Å². The van der Waals surface area contributed by atoms with Gasteiger partial charge in [0.2, 0.25) is 0 Å². The van der Waals surface area contributed by atoms with Gasteiger partial charge in [-0.15, -0.1) is 0 Å². The zero-order valence-electron chi connectivity index (χ0n) is 76.9. The van der Waals surface area contributed by atoms with Crippen molar-refractivity contribution in [1.82, 2.24) is 88.0 Å². The summed E-state index contributed by atoms with van der Waals surface area (Å²) < 4.78 is 126. The third-order valence-corrected chi connectivity index (χ3v) is 25.2. The number of rotatable bonds is 17. The summed E-state index contributed by atoms with van der Waals surface area (Å²) in [5.74, 6) is -3.43. The molecule has 17 heterocycles. The molecule has 5 saturated heterocycles. The van der Waals surface area contributed by atoms with Gasteiger partial charge in [0.1, 0.15) is 162 Å². The van der Waals surface area contributed by atoms with E-state index in [1.807, 2.05) is 89.2 Å². The Morgan fingerprint density at radius 2 is 0.761 bits per heavy atom. The fraction of sp³-hybridized carbons (Fsp3) is 0.333. The molecule has 11 N–H and O–H groups in total. The molecular formula is C96H96Cl4F5N21O16. The zero-order valence-corrected chi connectivity index (χ0v) is 79.9. The van der Waals surface area contributed by atoms with Gasteiger partial charge in [-0.05, 0) is 113 Å². The number of aromatic nitrogens is 18. The Kier molecular flexibility index (Phi) is 33.3. The number of aromatic amines is 2. The van der Waals surface area contributed by atoms with E-state index in [1.165, 1.54) is 78.1 Å². The lowest BCUT2D eigenvalue weighted by atomic mass is 10.0. The Hall–Kier alpha value is -13.6. The van der Waals surface area contributed by atoms with E-state index in [2.05, 4.69) is 83.6 Å². The summed E-state index contributed by atoms with van der Waals surface area (Å²) in [5, 5.41) is 30.4. The molecule has 12 aromatic heterocycles. The van der Waals surface area contributed by atoms with Gasteiger partial charge in [0.25, 0.3) is 0 Å². The number of aliphatic hydroxyl groups excluding tert-OH is 3. The second kappa shape index (κ2) is 46.0.